The molecule has 0 amide bonds. The molecule has 2 heterocycles. The van der Waals surface area contributed by atoms with E-state index in [1.54, 1.807) is 18.6 Å². The van der Waals surface area contributed by atoms with Crippen molar-refractivity contribution in [2.75, 3.05) is 18.4 Å². The van der Waals surface area contributed by atoms with E-state index < -0.39 is 0 Å². The zero-order valence-corrected chi connectivity index (χ0v) is 11.3. The van der Waals surface area contributed by atoms with Gasteiger partial charge in [0.1, 0.15) is 0 Å². The van der Waals surface area contributed by atoms with Gasteiger partial charge in [0.2, 0.25) is 5.95 Å². The number of nitrogens with one attached hydrogen (secondary N) is 2. The fraction of sp³-hybridized carbons (Fsp3) is 0.308. The molecular formula is C13H16ClN5. The van der Waals surface area contributed by atoms with Gasteiger partial charge < -0.3 is 10.6 Å². The van der Waals surface area contributed by atoms with Gasteiger partial charge >= 0.3 is 0 Å². The highest BCUT2D eigenvalue weighted by atomic mass is 35.5. The number of hydrogen-bond donors (Lipinski definition) is 2. The summed E-state index contributed by atoms with van der Waals surface area (Å²) in [6.07, 6.45) is 7.80. The molecule has 0 saturated heterocycles. The predicted molar refractivity (Wildman–Crippen MR) is 76.1 cm³/mol. The number of hydrogen-bond acceptors (Lipinski definition) is 5. The van der Waals surface area contributed by atoms with Crippen LogP contribution in [-0.4, -0.2) is 28.0 Å². The van der Waals surface area contributed by atoms with E-state index in [0.717, 1.165) is 26.1 Å². The predicted octanol–water partition coefficient (Wildman–Crippen LogP) is 2.12. The van der Waals surface area contributed by atoms with E-state index in [0.29, 0.717) is 11.0 Å². The standard InChI is InChI=1S/C13H16ClN5/c14-12-9-18-13(19-10-12)17-6-2-5-16-8-11-3-1-4-15-7-11/h1,3-4,7,9-10,16H,2,5-6,8H2,(H,17,18,19). The summed E-state index contributed by atoms with van der Waals surface area (Å²) in [5.74, 6) is 0.608. The molecule has 19 heavy (non-hydrogen) atoms. The Bertz CT molecular complexity index is 474. The summed E-state index contributed by atoms with van der Waals surface area (Å²) >= 11 is 5.70. The Labute approximate surface area is 117 Å². The first kappa shape index (κ1) is 13.7. The summed E-state index contributed by atoms with van der Waals surface area (Å²) in [4.78, 5) is 12.2. The molecule has 2 N–H and O–H groups in total. The van der Waals surface area contributed by atoms with Crippen LogP contribution < -0.4 is 10.6 Å². The van der Waals surface area contributed by atoms with Crippen LogP contribution in [0, 0.1) is 0 Å². The second-order valence-corrected chi connectivity index (χ2v) is 4.48. The van der Waals surface area contributed by atoms with Crippen LogP contribution in [0.15, 0.2) is 36.9 Å². The van der Waals surface area contributed by atoms with Crippen molar-refractivity contribution in [2.24, 2.45) is 0 Å². The SMILES string of the molecule is Clc1cnc(NCCCNCc2cccnc2)nc1. The van der Waals surface area contributed by atoms with E-state index in [1.165, 1.54) is 5.56 Å². The summed E-state index contributed by atoms with van der Waals surface area (Å²) in [6, 6.07) is 4.00. The van der Waals surface area contributed by atoms with Crippen LogP contribution >= 0.6 is 11.6 Å². The number of halogens is 1. The Morgan fingerprint density at radius 3 is 2.68 bits per heavy atom. The van der Waals surface area contributed by atoms with Crippen LogP contribution in [0.1, 0.15) is 12.0 Å². The van der Waals surface area contributed by atoms with Gasteiger partial charge in [-0.2, -0.15) is 0 Å². The first-order valence-electron chi connectivity index (χ1n) is 6.15. The molecule has 5 nitrogen and oxygen atoms in total. The fourth-order valence-electron chi connectivity index (χ4n) is 1.55. The number of rotatable bonds is 7. The van der Waals surface area contributed by atoms with Crippen molar-refractivity contribution in [1.82, 2.24) is 20.3 Å². The van der Waals surface area contributed by atoms with E-state index in [1.807, 2.05) is 12.3 Å². The van der Waals surface area contributed by atoms with Crippen molar-refractivity contribution in [3.05, 3.63) is 47.5 Å². The van der Waals surface area contributed by atoms with Crippen molar-refractivity contribution in [3.8, 4) is 0 Å². The molecule has 2 aromatic heterocycles. The molecule has 0 atom stereocenters. The first-order chi connectivity index (χ1) is 9.34. The Kier molecular flexibility index (Phi) is 5.52. The Morgan fingerprint density at radius 1 is 1.11 bits per heavy atom. The number of nitrogens with zero attached hydrogens (tertiary/aromatic N) is 3. The molecule has 0 bridgehead atoms. The molecule has 0 saturated carbocycles. The van der Waals surface area contributed by atoms with Gasteiger partial charge in [-0.1, -0.05) is 17.7 Å². The highest BCUT2D eigenvalue weighted by Gasteiger charge is 1.95. The van der Waals surface area contributed by atoms with Gasteiger partial charge in [0.15, 0.2) is 0 Å². The summed E-state index contributed by atoms with van der Waals surface area (Å²) < 4.78 is 0. The lowest BCUT2D eigenvalue weighted by Crippen LogP contribution is -2.18. The highest BCUT2D eigenvalue weighted by Crippen LogP contribution is 2.05. The van der Waals surface area contributed by atoms with Crippen molar-refractivity contribution in [1.29, 1.82) is 0 Å². The van der Waals surface area contributed by atoms with E-state index in [4.69, 9.17) is 11.6 Å². The zero-order valence-electron chi connectivity index (χ0n) is 10.5. The fourth-order valence-corrected chi connectivity index (χ4v) is 1.65. The Balaban J connectivity index is 1.56. The summed E-state index contributed by atoms with van der Waals surface area (Å²) in [6.45, 7) is 2.59. The summed E-state index contributed by atoms with van der Waals surface area (Å²) in [7, 11) is 0. The van der Waals surface area contributed by atoms with Crippen molar-refractivity contribution in [3.63, 3.8) is 0 Å². The minimum Gasteiger partial charge on any atom is -0.354 e. The van der Waals surface area contributed by atoms with Crippen LogP contribution in [0.5, 0.6) is 0 Å². The Hall–Kier alpha value is -1.72. The third-order valence-electron chi connectivity index (χ3n) is 2.49. The molecule has 0 unspecified atom stereocenters. The summed E-state index contributed by atoms with van der Waals surface area (Å²) in [5, 5.41) is 7.04. The molecule has 2 rings (SSSR count). The lowest BCUT2D eigenvalue weighted by molar-refractivity contribution is 0.661. The van der Waals surface area contributed by atoms with Crippen LogP contribution in [0.4, 0.5) is 5.95 Å². The molecule has 100 valence electrons. The molecule has 2 aromatic rings. The number of pyridine rings is 1. The minimum atomic E-state index is 0.545. The van der Waals surface area contributed by atoms with Crippen LogP contribution in [0.25, 0.3) is 0 Å². The van der Waals surface area contributed by atoms with Crippen molar-refractivity contribution in [2.45, 2.75) is 13.0 Å². The molecule has 0 radical (unpaired) electrons. The average molecular weight is 278 g/mol. The molecule has 0 aromatic carbocycles. The minimum absolute atomic E-state index is 0.545. The maximum atomic E-state index is 5.70. The molecule has 0 aliphatic heterocycles. The van der Waals surface area contributed by atoms with Crippen molar-refractivity contribution < 1.29 is 0 Å². The van der Waals surface area contributed by atoms with Crippen LogP contribution in [0.2, 0.25) is 5.02 Å². The monoisotopic (exact) mass is 277 g/mol. The maximum absolute atomic E-state index is 5.70. The second-order valence-electron chi connectivity index (χ2n) is 4.04. The largest absolute Gasteiger partial charge is 0.354 e. The van der Waals surface area contributed by atoms with Gasteiger partial charge in [-0.25, -0.2) is 9.97 Å². The summed E-state index contributed by atoms with van der Waals surface area (Å²) in [5.41, 5.74) is 1.19. The zero-order chi connectivity index (χ0) is 13.3. The topological polar surface area (TPSA) is 62.7 Å². The maximum Gasteiger partial charge on any atom is 0.222 e. The highest BCUT2D eigenvalue weighted by molar-refractivity contribution is 6.30. The normalized spacial score (nSPS) is 10.4. The van der Waals surface area contributed by atoms with E-state index in [-0.39, 0.29) is 0 Å². The first-order valence-corrected chi connectivity index (χ1v) is 6.53. The van der Waals surface area contributed by atoms with Crippen LogP contribution in [-0.2, 0) is 6.54 Å². The van der Waals surface area contributed by atoms with Gasteiger partial charge in [0, 0.05) is 25.5 Å². The molecule has 0 aliphatic rings. The number of aromatic nitrogens is 3. The molecule has 0 fully saturated rings. The third-order valence-corrected chi connectivity index (χ3v) is 2.68. The molecule has 0 aliphatic carbocycles. The smallest absolute Gasteiger partial charge is 0.222 e. The molecule has 0 spiro atoms. The van der Waals surface area contributed by atoms with Gasteiger partial charge in [0.05, 0.1) is 17.4 Å². The van der Waals surface area contributed by atoms with E-state index in [2.05, 4.69) is 31.7 Å². The van der Waals surface area contributed by atoms with E-state index in [9.17, 15) is 0 Å². The van der Waals surface area contributed by atoms with E-state index >= 15 is 0 Å². The Morgan fingerprint density at radius 2 is 1.95 bits per heavy atom. The third kappa shape index (κ3) is 5.19. The number of anilines is 1. The molecular weight excluding hydrogens is 262 g/mol. The van der Waals surface area contributed by atoms with Gasteiger partial charge in [-0.05, 0) is 24.6 Å². The lowest BCUT2D eigenvalue weighted by Gasteiger charge is -2.06. The van der Waals surface area contributed by atoms with Crippen molar-refractivity contribution >= 4 is 17.5 Å². The second kappa shape index (κ2) is 7.66. The van der Waals surface area contributed by atoms with Gasteiger partial charge in [0.25, 0.3) is 0 Å². The van der Waals surface area contributed by atoms with Crippen LogP contribution in [0.3, 0.4) is 0 Å². The van der Waals surface area contributed by atoms with Gasteiger partial charge in [-0.15, -0.1) is 0 Å². The lowest BCUT2D eigenvalue weighted by atomic mass is 10.3. The quantitative estimate of drug-likeness (QED) is 0.759. The van der Waals surface area contributed by atoms with Gasteiger partial charge in [-0.3, -0.25) is 4.98 Å². The average Bonchev–Trinajstić information content (AvgIpc) is 2.46. The molecule has 6 heteroatoms.